The maximum absolute atomic E-state index is 12.5. The van der Waals surface area contributed by atoms with Crippen LogP contribution < -0.4 is 4.74 Å². The number of methoxy groups -OCH3 is 1. The van der Waals surface area contributed by atoms with Gasteiger partial charge in [-0.2, -0.15) is 5.26 Å². The molecule has 0 aliphatic carbocycles. The molecule has 0 saturated carbocycles. The number of hydrogen-bond acceptors (Lipinski definition) is 3. The van der Waals surface area contributed by atoms with Crippen LogP contribution in [-0.2, 0) is 5.33 Å². The lowest BCUT2D eigenvalue weighted by Gasteiger charge is -2.08. The van der Waals surface area contributed by atoms with Gasteiger partial charge in [-0.15, -0.1) is 0 Å². The molecule has 6 heteroatoms. The van der Waals surface area contributed by atoms with E-state index in [9.17, 15) is 8.78 Å². The fraction of sp³-hybridized carbons (Fsp3) is 0.333. The molecule has 0 amide bonds. The number of rotatable bonds is 3. The Bertz CT molecular complexity index is 404. The third-order valence-corrected chi connectivity index (χ3v) is 2.36. The van der Waals surface area contributed by atoms with E-state index in [1.165, 1.54) is 13.2 Å². The first-order valence-corrected chi connectivity index (χ1v) is 5.08. The Hall–Kier alpha value is -1.22. The lowest BCUT2D eigenvalue weighted by molar-refractivity contribution is 0.144. The average Bonchev–Trinajstić information content (AvgIpc) is 2.26. The van der Waals surface area contributed by atoms with Gasteiger partial charge < -0.3 is 4.74 Å². The molecular formula is C9H7BrF2N2O. The van der Waals surface area contributed by atoms with Crippen LogP contribution in [0.25, 0.3) is 0 Å². The van der Waals surface area contributed by atoms with E-state index in [0.29, 0.717) is 10.9 Å². The van der Waals surface area contributed by atoms with E-state index in [0.717, 1.165) is 0 Å². The van der Waals surface area contributed by atoms with Crippen molar-refractivity contribution in [3.8, 4) is 11.9 Å². The van der Waals surface area contributed by atoms with E-state index in [1.807, 2.05) is 0 Å². The molecule has 0 unspecified atom stereocenters. The van der Waals surface area contributed by atoms with Gasteiger partial charge in [-0.3, -0.25) is 0 Å². The highest BCUT2D eigenvalue weighted by molar-refractivity contribution is 9.08. The second-order valence-corrected chi connectivity index (χ2v) is 3.20. The standard InChI is InChI=1S/C9H7BrF2N2O/c1-15-9-5(3-10)2-6(4-13)7(14-9)8(11)12/h2,8H,3H2,1H3. The predicted octanol–water partition coefficient (Wildman–Crippen LogP) is 2.79. The van der Waals surface area contributed by atoms with E-state index >= 15 is 0 Å². The monoisotopic (exact) mass is 276 g/mol. The van der Waals surface area contributed by atoms with Crippen molar-refractivity contribution in [2.24, 2.45) is 0 Å². The van der Waals surface area contributed by atoms with Crippen molar-refractivity contribution >= 4 is 15.9 Å². The van der Waals surface area contributed by atoms with Crippen LogP contribution in [-0.4, -0.2) is 12.1 Å². The maximum atomic E-state index is 12.5. The average molecular weight is 277 g/mol. The molecule has 0 spiro atoms. The van der Waals surface area contributed by atoms with Crippen LogP contribution in [0.3, 0.4) is 0 Å². The van der Waals surface area contributed by atoms with Gasteiger partial charge in [0, 0.05) is 10.9 Å². The van der Waals surface area contributed by atoms with Gasteiger partial charge in [0.25, 0.3) is 6.43 Å². The first-order chi connectivity index (χ1) is 7.13. The molecule has 1 aromatic heterocycles. The Morgan fingerprint density at radius 1 is 1.67 bits per heavy atom. The SMILES string of the molecule is COc1nc(C(F)F)c(C#N)cc1CBr. The van der Waals surface area contributed by atoms with Crippen LogP contribution in [0.4, 0.5) is 8.78 Å². The van der Waals surface area contributed by atoms with E-state index in [1.54, 1.807) is 6.07 Å². The summed E-state index contributed by atoms with van der Waals surface area (Å²) in [4.78, 5) is 3.61. The fourth-order valence-corrected chi connectivity index (χ4v) is 1.48. The zero-order chi connectivity index (χ0) is 11.4. The van der Waals surface area contributed by atoms with Gasteiger partial charge in [0.2, 0.25) is 5.88 Å². The van der Waals surface area contributed by atoms with Gasteiger partial charge in [0.15, 0.2) is 0 Å². The van der Waals surface area contributed by atoms with Gasteiger partial charge in [0.1, 0.15) is 11.8 Å². The maximum Gasteiger partial charge on any atom is 0.281 e. The Morgan fingerprint density at radius 3 is 2.73 bits per heavy atom. The highest BCUT2D eigenvalue weighted by Crippen LogP contribution is 2.27. The highest BCUT2D eigenvalue weighted by atomic mass is 79.9. The Balaban J connectivity index is 3.36. The summed E-state index contributed by atoms with van der Waals surface area (Å²) >= 11 is 3.16. The molecule has 0 bridgehead atoms. The molecule has 15 heavy (non-hydrogen) atoms. The molecule has 1 rings (SSSR count). The largest absolute Gasteiger partial charge is 0.481 e. The zero-order valence-corrected chi connectivity index (χ0v) is 9.38. The zero-order valence-electron chi connectivity index (χ0n) is 7.80. The molecule has 0 fully saturated rings. The van der Waals surface area contributed by atoms with Gasteiger partial charge in [-0.25, -0.2) is 13.8 Å². The fourth-order valence-electron chi connectivity index (χ4n) is 1.08. The van der Waals surface area contributed by atoms with Crippen molar-refractivity contribution in [1.29, 1.82) is 5.26 Å². The van der Waals surface area contributed by atoms with E-state index in [4.69, 9.17) is 10.00 Å². The van der Waals surface area contributed by atoms with Crippen molar-refractivity contribution in [3.05, 3.63) is 22.9 Å². The number of nitrogens with zero attached hydrogens (tertiary/aromatic N) is 2. The molecule has 0 N–H and O–H groups in total. The van der Waals surface area contributed by atoms with Crippen LogP contribution in [0.2, 0.25) is 0 Å². The summed E-state index contributed by atoms with van der Waals surface area (Å²) < 4.78 is 29.8. The van der Waals surface area contributed by atoms with E-state index in [2.05, 4.69) is 20.9 Å². The van der Waals surface area contributed by atoms with Gasteiger partial charge >= 0.3 is 0 Å². The van der Waals surface area contributed by atoms with Crippen LogP contribution >= 0.6 is 15.9 Å². The molecule has 0 radical (unpaired) electrons. The van der Waals surface area contributed by atoms with Crippen molar-refractivity contribution in [1.82, 2.24) is 4.98 Å². The molecule has 3 nitrogen and oxygen atoms in total. The first-order valence-electron chi connectivity index (χ1n) is 3.96. The summed E-state index contributed by atoms with van der Waals surface area (Å²) in [5.41, 5.74) is -0.0993. The summed E-state index contributed by atoms with van der Waals surface area (Å²) in [6.07, 6.45) is -2.78. The number of aromatic nitrogens is 1. The summed E-state index contributed by atoms with van der Waals surface area (Å²) in [6.45, 7) is 0. The quantitative estimate of drug-likeness (QED) is 0.798. The number of hydrogen-bond donors (Lipinski definition) is 0. The summed E-state index contributed by atoms with van der Waals surface area (Å²) in [6, 6.07) is 3.03. The van der Waals surface area contributed by atoms with Crippen LogP contribution in [0.15, 0.2) is 6.07 Å². The van der Waals surface area contributed by atoms with Gasteiger partial charge in [-0.1, -0.05) is 15.9 Å². The minimum absolute atomic E-state index is 0.112. The first kappa shape index (κ1) is 11.9. The van der Waals surface area contributed by atoms with E-state index in [-0.39, 0.29) is 11.4 Å². The van der Waals surface area contributed by atoms with Gasteiger partial charge in [-0.05, 0) is 6.07 Å². The molecule has 0 aliphatic rings. The lowest BCUT2D eigenvalue weighted by Crippen LogP contribution is -2.01. The molecular weight excluding hydrogens is 270 g/mol. The number of ether oxygens (including phenoxy) is 1. The van der Waals surface area contributed by atoms with Crippen LogP contribution in [0, 0.1) is 11.3 Å². The third kappa shape index (κ3) is 2.42. The normalized spacial score (nSPS) is 10.1. The lowest BCUT2D eigenvalue weighted by atomic mass is 10.1. The third-order valence-electron chi connectivity index (χ3n) is 1.76. The summed E-state index contributed by atoms with van der Waals surface area (Å²) in [5, 5.41) is 9.06. The second kappa shape index (κ2) is 5.03. The molecule has 0 atom stereocenters. The Kier molecular flexibility index (Phi) is 3.97. The van der Waals surface area contributed by atoms with E-state index < -0.39 is 12.1 Å². The Morgan fingerprint density at radius 2 is 2.33 bits per heavy atom. The number of alkyl halides is 3. The number of nitriles is 1. The Labute approximate surface area is 93.8 Å². The minimum Gasteiger partial charge on any atom is -0.481 e. The van der Waals surface area contributed by atoms with Crippen LogP contribution in [0.1, 0.15) is 23.2 Å². The molecule has 1 aromatic rings. The highest BCUT2D eigenvalue weighted by Gasteiger charge is 2.18. The summed E-state index contributed by atoms with van der Waals surface area (Å²) in [7, 11) is 1.34. The molecule has 80 valence electrons. The second-order valence-electron chi connectivity index (χ2n) is 2.64. The van der Waals surface area contributed by atoms with Crippen molar-refractivity contribution in [2.45, 2.75) is 11.8 Å². The molecule has 0 saturated heterocycles. The summed E-state index contributed by atoms with van der Waals surface area (Å²) in [5.74, 6) is 0.112. The van der Waals surface area contributed by atoms with Gasteiger partial charge in [0.05, 0.1) is 12.7 Å². The topological polar surface area (TPSA) is 45.9 Å². The predicted molar refractivity (Wildman–Crippen MR) is 53.1 cm³/mol. The van der Waals surface area contributed by atoms with Crippen molar-refractivity contribution in [2.75, 3.05) is 7.11 Å². The number of halogens is 3. The molecule has 0 aromatic carbocycles. The molecule has 0 aliphatic heterocycles. The minimum atomic E-state index is -2.78. The number of pyridine rings is 1. The molecule has 1 heterocycles. The van der Waals surface area contributed by atoms with Crippen molar-refractivity contribution in [3.63, 3.8) is 0 Å². The van der Waals surface area contributed by atoms with Crippen LogP contribution in [0.5, 0.6) is 5.88 Å². The van der Waals surface area contributed by atoms with Crippen molar-refractivity contribution < 1.29 is 13.5 Å². The smallest absolute Gasteiger partial charge is 0.281 e.